The molecule has 0 fully saturated rings. The highest BCUT2D eigenvalue weighted by molar-refractivity contribution is 7.80. The van der Waals surface area contributed by atoms with Gasteiger partial charge in [-0.3, -0.25) is 0 Å². The molecule has 0 unspecified atom stereocenters. The number of aliphatic hydroxyl groups excluding tert-OH is 1. The van der Waals surface area contributed by atoms with Gasteiger partial charge < -0.3 is 14.7 Å². The first-order valence-corrected chi connectivity index (χ1v) is 12.0. The predicted octanol–water partition coefficient (Wildman–Crippen LogP) is 6.14. The summed E-state index contributed by atoms with van der Waals surface area (Å²) in [5, 5.41) is 10.8. The third kappa shape index (κ3) is 6.29. The van der Waals surface area contributed by atoms with E-state index in [1.807, 2.05) is 59.5 Å². The molecule has 0 amide bonds. The van der Waals surface area contributed by atoms with Crippen LogP contribution in [0, 0.1) is 0 Å². The van der Waals surface area contributed by atoms with Gasteiger partial charge in [-0.1, -0.05) is 115 Å². The topological polar surface area (TPSA) is 32.7 Å². The van der Waals surface area contributed by atoms with E-state index in [-0.39, 0.29) is 0 Å². The van der Waals surface area contributed by atoms with Crippen molar-refractivity contribution in [1.29, 1.82) is 0 Å². The standard InChI is InChI=1S/C30H33NO2S/c1-3-21-31(22-4-2)29(34)24-28(32)20-23-33-30(25-14-8-5-9-15-25,26-16-10-6-11-17-26)27-18-12-7-13-19-27/h3-19,28,32H,1-2,20-24H2/t28-/m0/s1. The molecule has 3 aromatic carbocycles. The summed E-state index contributed by atoms with van der Waals surface area (Å²) in [7, 11) is 0. The van der Waals surface area contributed by atoms with E-state index >= 15 is 0 Å². The Balaban J connectivity index is 1.84. The molecule has 0 aliphatic heterocycles. The quantitative estimate of drug-likeness (QED) is 0.184. The van der Waals surface area contributed by atoms with Crippen LogP contribution in [-0.4, -0.2) is 40.8 Å². The number of nitrogens with zero attached hydrogens (tertiary/aromatic N) is 1. The van der Waals surface area contributed by atoms with Crippen molar-refractivity contribution >= 4 is 17.2 Å². The van der Waals surface area contributed by atoms with Gasteiger partial charge in [0.1, 0.15) is 5.60 Å². The van der Waals surface area contributed by atoms with Gasteiger partial charge in [-0.05, 0) is 23.1 Å². The SMILES string of the molecule is C=CCN(CC=C)C(=S)C[C@@H](O)CCOC(c1ccccc1)(c1ccccc1)c1ccccc1. The summed E-state index contributed by atoms with van der Waals surface area (Å²) in [5.41, 5.74) is 2.34. The van der Waals surface area contributed by atoms with Gasteiger partial charge in [-0.2, -0.15) is 0 Å². The highest BCUT2D eigenvalue weighted by atomic mass is 32.1. The van der Waals surface area contributed by atoms with Crippen LogP contribution in [0.15, 0.2) is 116 Å². The maximum atomic E-state index is 10.8. The lowest BCUT2D eigenvalue weighted by atomic mass is 9.80. The van der Waals surface area contributed by atoms with E-state index in [1.54, 1.807) is 12.2 Å². The lowest BCUT2D eigenvalue weighted by Gasteiger charge is -2.36. The van der Waals surface area contributed by atoms with E-state index in [1.165, 1.54) is 0 Å². The molecule has 176 valence electrons. The molecule has 0 aliphatic rings. The lowest BCUT2D eigenvalue weighted by molar-refractivity contribution is -0.00450. The number of rotatable bonds is 13. The molecule has 3 rings (SSSR count). The van der Waals surface area contributed by atoms with Crippen LogP contribution in [0.2, 0.25) is 0 Å². The molecular weight excluding hydrogens is 438 g/mol. The van der Waals surface area contributed by atoms with Crippen molar-refractivity contribution in [1.82, 2.24) is 4.90 Å². The summed E-state index contributed by atoms with van der Waals surface area (Å²) in [6.45, 7) is 9.21. The van der Waals surface area contributed by atoms with Crippen molar-refractivity contribution < 1.29 is 9.84 Å². The molecule has 0 aromatic heterocycles. The number of hydrogen-bond donors (Lipinski definition) is 1. The van der Waals surface area contributed by atoms with Crippen molar-refractivity contribution in [3.63, 3.8) is 0 Å². The minimum Gasteiger partial charge on any atom is -0.393 e. The summed E-state index contributed by atoms with van der Waals surface area (Å²) < 4.78 is 6.75. The first-order chi connectivity index (χ1) is 16.6. The van der Waals surface area contributed by atoms with Crippen LogP contribution in [0.25, 0.3) is 0 Å². The Labute approximate surface area is 209 Å². The van der Waals surface area contributed by atoms with Gasteiger partial charge in [0.15, 0.2) is 0 Å². The average Bonchev–Trinajstić information content (AvgIpc) is 2.88. The van der Waals surface area contributed by atoms with E-state index < -0.39 is 11.7 Å². The molecule has 3 nitrogen and oxygen atoms in total. The summed E-state index contributed by atoms with van der Waals surface area (Å²) in [5.74, 6) is 0. The van der Waals surface area contributed by atoms with Crippen LogP contribution in [0.5, 0.6) is 0 Å². The fourth-order valence-corrected chi connectivity index (χ4v) is 4.48. The van der Waals surface area contributed by atoms with Crippen LogP contribution in [-0.2, 0) is 10.3 Å². The summed E-state index contributed by atoms with van der Waals surface area (Å²) in [4.78, 5) is 2.69. The molecule has 0 heterocycles. The molecule has 4 heteroatoms. The second-order valence-corrected chi connectivity index (χ2v) is 8.62. The third-order valence-electron chi connectivity index (χ3n) is 5.77. The highest BCUT2D eigenvalue weighted by Gasteiger charge is 2.37. The zero-order valence-electron chi connectivity index (χ0n) is 19.6. The summed E-state index contributed by atoms with van der Waals surface area (Å²) in [6.07, 6.45) is 3.86. The molecule has 0 bridgehead atoms. The minimum atomic E-state index is -0.790. The van der Waals surface area contributed by atoms with E-state index in [4.69, 9.17) is 17.0 Å². The van der Waals surface area contributed by atoms with Crippen molar-refractivity contribution in [2.45, 2.75) is 24.5 Å². The highest BCUT2D eigenvalue weighted by Crippen LogP contribution is 2.40. The smallest absolute Gasteiger partial charge is 0.143 e. The van der Waals surface area contributed by atoms with Crippen LogP contribution < -0.4 is 0 Å². The maximum Gasteiger partial charge on any atom is 0.143 e. The van der Waals surface area contributed by atoms with Crippen molar-refractivity contribution in [3.8, 4) is 0 Å². The van der Waals surface area contributed by atoms with Crippen LogP contribution in [0.1, 0.15) is 29.5 Å². The molecule has 34 heavy (non-hydrogen) atoms. The fourth-order valence-electron chi connectivity index (χ4n) is 4.14. The van der Waals surface area contributed by atoms with Crippen molar-refractivity contribution in [3.05, 3.63) is 133 Å². The van der Waals surface area contributed by atoms with Gasteiger partial charge in [0.05, 0.1) is 17.7 Å². The van der Waals surface area contributed by atoms with Crippen LogP contribution >= 0.6 is 12.2 Å². The van der Waals surface area contributed by atoms with E-state index in [0.29, 0.717) is 37.5 Å². The lowest BCUT2D eigenvalue weighted by Crippen LogP contribution is -2.35. The Bertz CT molecular complexity index is 931. The number of benzene rings is 3. The monoisotopic (exact) mass is 471 g/mol. The molecule has 1 atom stereocenters. The second kappa shape index (κ2) is 13.0. The zero-order chi connectivity index (χ0) is 24.2. The molecule has 0 saturated heterocycles. The molecule has 1 N–H and O–H groups in total. The van der Waals surface area contributed by atoms with Crippen LogP contribution in [0.4, 0.5) is 0 Å². The van der Waals surface area contributed by atoms with Gasteiger partial charge >= 0.3 is 0 Å². The number of hydrogen-bond acceptors (Lipinski definition) is 3. The van der Waals surface area contributed by atoms with E-state index in [9.17, 15) is 5.11 Å². The molecule has 0 saturated carbocycles. The van der Waals surface area contributed by atoms with E-state index in [2.05, 4.69) is 49.6 Å². The normalized spacial score (nSPS) is 12.0. The van der Waals surface area contributed by atoms with E-state index in [0.717, 1.165) is 16.7 Å². The Morgan fingerprint density at radius 3 is 1.62 bits per heavy atom. The third-order valence-corrected chi connectivity index (χ3v) is 6.20. The fraction of sp³-hybridized carbons (Fsp3) is 0.233. The zero-order valence-corrected chi connectivity index (χ0v) is 20.4. The summed E-state index contributed by atoms with van der Waals surface area (Å²) >= 11 is 5.57. The molecular formula is C30H33NO2S. The van der Waals surface area contributed by atoms with Gasteiger partial charge in [0, 0.05) is 19.5 Å². The van der Waals surface area contributed by atoms with Gasteiger partial charge in [-0.15, -0.1) is 13.2 Å². The van der Waals surface area contributed by atoms with Gasteiger partial charge in [0.2, 0.25) is 0 Å². The number of thiocarbonyl (C=S) groups is 1. The molecule has 0 spiro atoms. The second-order valence-electron chi connectivity index (χ2n) is 8.15. The first-order valence-electron chi connectivity index (χ1n) is 11.6. The minimum absolute atomic E-state index is 0.366. The van der Waals surface area contributed by atoms with Crippen molar-refractivity contribution in [2.24, 2.45) is 0 Å². The predicted molar refractivity (Wildman–Crippen MR) is 145 cm³/mol. The number of ether oxygens (including phenoxy) is 1. The van der Waals surface area contributed by atoms with Crippen LogP contribution in [0.3, 0.4) is 0 Å². The van der Waals surface area contributed by atoms with Crippen molar-refractivity contribution in [2.75, 3.05) is 19.7 Å². The Kier molecular flexibility index (Phi) is 9.77. The number of aliphatic hydroxyl groups is 1. The van der Waals surface area contributed by atoms with Gasteiger partial charge in [0.25, 0.3) is 0 Å². The Morgan fingerprint density at radius 2 is 1.24 bits per heavy atom. The molecule has 0 aliphatic carbocycles. The maximum absolute atomic E-state index is 10.8. The molecule has 3 aromatic rings. The largest absolute Gasteiger partial charge is 0.393 e. The molecule has 0 radical (unpaired) electrons. The first kappa shape index (κ1) is 25.6. The average molecular weight is 472 g/mol. The Hall–Kier alpha value is -3.05. The summed E-state index contributed by atoms with van der Waals surface area (Å²) in [6, 6.07) is 30.7. The van der Waals surface area contributed by atoms with Gasteiger partial charge in [-0.25, -0.2) is 0 Å². The Morgan fingerprint density at radius 1 is 0.824 bits per heavy atom.